The molecule has 220 valence electrons. The van der Waals surface area contributed by atoms with Crippen molar-refractivity contribution >= 4 is 28.4 Å². The molecule has 0 aliphatic carbocycles. The molecule has 1 aliphatic rings. The first-order chi connectivity index (χ1) is 20.5. The molecule has 2 aromatic heterocycles. The van der Waals surface area contributed by atoms with Crippen LogP contribution in [0.25, 0.3) is 16.6 Å². The number of fused-ring (bicyclic) bond motifs is 1. The van der Waals surface area contributed by atoms with Crippen LogP contribution in [0, 0.1) is 0 Å². The molecule has 1 saturated heterocycles. The van der Waals surface area contributed by atoms with Gasteiger partial charge < -0.3 is 15.5 Å². The van der Waals surface area contributed by atoms with E-state index in [4.69, 9.17) is 0 Å². The first kappa shape index (κ1) is 29.6. The minimum absolute atomic E-state index is 0.116. The largest absolute Gasteiger partial charge is 0.340 e. The van der Waals surface area contributed by atoms with Crippen LogP contribution < -0.4 is 10.6 Å². The van der Waals surface area contributed by atoms with Crippen LogP contribution in [0.1, 0.15) is 79.7 Å². The summed E-state index contributed by atoms with van der Waals surface area (Å²) in [6.45, 7) is 12.3. The third-order valence-electron chi connectivity index (χ3n) is 8.76. The third kappa shape index (κ3) is 6.93. The fourth-order valence-corrected chi connectivity index (χ4v) is 6.17. The van der Waals surface area contributed by atoms with E-state index in [9.17, 15) is 4.79 Å². The van der Waals surface area contributed by atoms with E-state index in [1.807, 2.05) is 18.5 Å². The Balaban J connectivity index is 1.29. The zero-order chi connectivity index (χ0) is 29.5. The van der Waals surface area contributed by atoms with Gasteiger partial charge in [-0.2, -0.15) is 0 Å². The van der Waals surface area contributed by atoms with Crippen LogP contribution in [0.5, 0.6) is 0 Å². The van der Waals surface area contributed by atoms with E-state index >= 15 is 0 Å². The molecule has 3 heterocycles. The van der Waals surface area contributed by atoms with Crippen molar-refractivity contribution in [2.45, 2.75) is 64.7 Å². The second-order valence-electron chi connectivity index (χ2n) is 11.5. The molecule has 5 rings (SSSR count). The number of nitrogens with one attached hydrogen (secondary N) is 2. The number of aryl methyl sites for hydroxylation is 1. The monoisotopic (exact) mass is 563 g/mol. The van der Waals surface area contributed by atoms with Crippen molar-refractivity contribution in [3.8, 4) is 0 Å². The maximum atomic E-state index is 12.4. The molecular formula is C36H45N5O. The number of hydrogen-bond donors (Lipinski definition) is 2. The number of aromatic nitrogens is 2. The Bertz CT molecular complexity index is 1510. The fraction of sp³-hybridized carbons (Fsp3) is 0.389. The number of likely N-dealkylation sites (tertiary alicyclic amines) is 1. The van der Waals surface area contributed by atoms with Gasteiger partial charge in [-0.15, -0.1) is 0 Å². The molecule has 6 nitrogen and oxygen atoms in total. The van der Waals surface area contributed by atoms with Crippen LogP contribution in [0.15, 0.2) is 73.6 Å². The zero-order valence-corrected chi connectivity index (χ0v) is 25.5. The number of hydrogen-bond acceptors (Lipinski definition) is 4. The molecule has 0 spiro atoms. The predicted molar refractivity (Wildman–Crippen MR) is 175 cm³/mol. The van der Waals surface area contributed by atoms with Gasteiger partial charge in [0.05, 0.1) is 5.52 Å². The predicted octanol–water partition coefficient (Wildman–Crippen LogP) is 7.83. The quantitative estimate of drug-likeness (QED) is 0.183. The van der Waals surface area contributed by atoms with Crippen LogP contribution in [0.2, 0.25) is 0 Å². The van der Waals surface area contributed by atoms with Crippen molar-refractivity contribution in [2.75, 3.05) is 32.0 Å². The van der Waals surface area contributed by atoms with E-state index in [-0.39, 0.29) is 6.03 Å². The minimum atomic E-state index is -0.116. The van der Waals surface area contributed by atoms with Gasteiger partial charge in [-0.25, -0.2) is 9.78 Å². The lowest BCUT2D eigenvalue weighted by Gasteiger charge is -2.31. The lowest BCUT2D eigenvalue weighted by Crippen LogP contribution is -2.32. The number of piperidine rings is 1. The summed E-state index contributed by atoms with van der Waals surface area (Å²) in [6.07, 6.45) is 11.5. The lowest BCUT2D eigenvalue weighted by molar-refractivity contribution is 0.222. The van der Waals surface area contributed by atoms with Gasteiger partial charge in [0.2, 0.25) is 0 Å². The van der Waals surface area contributed by atoms with E-state index in [0.29, 0.717) is 5.92 Å². The van der Waals surface area contributed by atoms with Crippen molar-refractivity contribution in [2.24, 2.45) is 0 Å². The van der Waals surface area contributed by atoms with E-state index in [0.717, 1.165) is 53.8 Å². The molecule has 0 radical (unpaired) electrons. The second-order valence-corrected chi connectivity index (χ2v) is 11.5. The molecule has 2 N–H and O–H groups in total. The third-order valence-corrected chi connectivity index (χ3v) is 8.76. The molecule has 1 fully saturated rings. The summed E-state index contributed by atoms with van der Waals surface area (Å²) in [4.78, 5) is 19.5. The number of anilines is 1. The highest BCUT2D eigenvalue weighted by Crippen LogP contribution is 2.30. The summed E-state index contributed by atoms with van der Waals surface area (Å²) >= 11 is 0. The van der Waals surface area contributed by atoms with Gasteiger partial charge in [-0.1, -0.05) is 57.5 Å². The van der Waals surface area contributed by atoms with Gasteiger partial charge in [0, 0.05) is 30.5 Å². The molecule has 42 heavy (non-hydrogen) atoms. The number of amides is 1. The summed E-state index contributed by atoms with van der Waals surface area (Å²) in [5.41, 5.74) is 8.11. The van der Waals surface area contributed by atoms with Crippen LogP contribution in [0.3, 0.4) is 0 Å². The molecule has 0 saturated carbocycles. The summed E-state index contributed by atoms with van der Waals surface area (Å²) in [7, 11) is 1.67. The number of nitrogens with zero attached hydrogens (tertiary/aromatic N) is 3. The van der Waals surface area contributed by atoms with Crippen molar-refractivity contribution in [3.63, 3.8) is 0 Å². The van der Waals surface area contributed by atoms with Gasteiger partial charge in [-0.3, -0.25) is 4.57 Å². The standard InChI is InChI=1S/C36H45N5O/c1-5-7-8-9-31-25-34-32(17-21-41(34)36(42)37-4)24-33(31)22-27-14-18-38-35(23-27)39-26(3)28-10-12-29(13-11-28)30-15-19-40(6-2)20-16-30/h10-14,17-18,21,23-25,30H,3,5-9,15-16,19-20,22H2,1-2,4H3,(H,37,42)(H,38,39). The summed E-state index contributed by atoms with van der Waals surface area (Å²) in [6, 6.07) is 19.5. The van der Waals surface area contributed by atoms with E-state index < -0.39 is 0 Å². The Hall–Kier alpha value is -3.90. The van der Waals surface area contributed by atoms with Crippen LogP contribution in [0.4, 0.5) is 10.6 Å². The van der Waals surface area contributed by atoms with E-state index in [1.54, 1.807) is 11.6 Å². The van der Waals surface area contributed by atoms with Crippen LogP contribution in [-0.4, -0.2) is 47.2 Å². The molecule has 0 unspecified atom stereocenters. The Morgan fingerprint density at radius 3 is 2.50 bits per heavy atom. The van der Waals surface area contributed by atoms with Crippen molar-refractivity contribution in [3.05, 3.63) is 101 Å². The number of rotatable bonds is 11. The molecule has 1 aliphatic heterocycles. The topological polar surface area (TPSA) is 62.2 Å². The highest BCUT2D eigenvalue weighted by atomic mass is 16.2. The van der Waals surface area contributed by atoms with Gasteiger partial charge >= 0.3 is 6.03 Å². The fourth-order valence-electron chi connectivity index (χ4n) is 6.17. The van der Waals surface area contributed by atoms with E-state index in [1.165, 1.54) is 61.0 Å². The molecule has 4 aromatic rings. The number of pyridine rings is 1. The minimum Gasteiger partial charge on any atom is -0.340 e. The van der Waals surface area contributed by atoms with Crippen LogP contribution >= 0.6 is 0 Å². The Morgan fingerprint density at radius 1 is 1.00 bits per heavy atom. The first-order valence-electron chi connectivity index (χ1n) is 15.6. The van der Waals surface area contributed by atoms with Crippen LogP contribution in [-0.2, 0) is 12.8 Å². The van der Waals surface area contributed by atoms with Crippen molar-refractivity contribution in [1.29, 1.82) is 0 Å². The summed E-state index contributed by atoms with van der Waals surface area (Å²) in [5, 5.41) is 7.26. The number of carbonyl (C=O) groups excluding carboxylic acids is 1. The molecule has 2 aromatic carbocycles. The SMILES string of the molecule is C=C(Nc1cc(Cc2cc3ccn(C(=O)NC)c3cc2CCCCC)ccn1)c1ccc(C2CCN(CC)CC2)cc1. The average Bonchev–Trinajstić information content (AvgIpc) is 3.43. The number of carbonyl (C=O) groups is 1. The Morgan fingerprint density at radius 2 is 1.79 bits per heavy atom. The highest BCUT2D eigenvalue weighted by Gasteiger charge is 2.19. The van der Waals surface area contributed by atoms with Gasteiger partial charge in [0.1, 0.15) is 5.82 Å². The Labute approximate surface area is 250 Å². The zero-order valence-electron chi connectivity index (χ0n) is 25.5. The maximum Gasteiger partial charge on any atom is 0.325 e. The van der Waals surface area contributed by atoms with Gasteiger partial charge in [0.25, 0.3) is 0 Å². The molecular weight excluding hydrogens is 518 g/mol. The molecule has 0 bridgehead atoms. The normalized spacial score (nSPS) is 14.3. The number of benzene rings is 2. The van der Waals surface area contributed by atoms with Crippen molar-refractivity contribution in [1.82, 2.24) is 19.8 Å². The summed E-state index contributed by atoms with van der Waals surface area (Å²) < 4.78 is 1.70. The lowest BCUT2D eigenvalue weighted by atomic mass is 9.89. The highest BCUT2D eigenvalue weighted by molar-refractivity contribution is 5.92. The molecule has 1 amide bonds. The number of unbranched alkanes of at least 4 members (excludes halogenated alkanes) is 2. The second kappa shape index (κ2) is 13.8. The van der Waals surface area contributed by atoms with Gasteiger partial charge in [-0.05, 0) is 116 Å². The van der Waals surface area contributed by atoms with E-state index in [2.05, 4.69) is 89.5 Å². The Kier molecular flexibility index (Phi) is 9.75. The van der Waals surface area contributed by atoms with Crippen molar-refractivity contribution < 1.29 is 4.79 Å². The average molecular weight is 564 g/mol. The molecule has 0 atom stereocenters. The first-order valence-corrected chi connectivity index (χ1v) is 15.6. The molecule has 6 heteroatoms. The smallest absolute Gasteiger partial charge is 0.325 e. The maximum absolute atomic E-state index is 12.4. The van der Waals surface area contributed by atoms with Gasteiger partial charge in [0.15, 0.2) is 0 Å². The summed E-state index contributed by atoms with van der Waals surface area (Å²) in [5.74, 6) is 1.45.